The molecule has 0 aromatic heterocycles. The van der Waals surface area contributed by atoms with Crippen molar-refractivity contribution >= 4 is 0 Å². The van der Waals surface area contributed by atoms with Gasteiger partial charge in [0.05, 0.1) is 0 Å². The highest BCUT2D eigenvalue weighted by molar-refractivity contribution is 5.37. The lowest BCUT2D eigenvalue weighted by Gasteiger charge is -2.36. The molecule has 0 radical (unpaired) electrons. The summed E-state index contributed by atoms with van der Waals surface area (Å²) in [7, 11) is 0. The second-order valence-corrected chi connectivity index (χ2v) is 7.50. The molecule has 0 saturated heterocycles. The molecule has 1 saturated carbocycles. The molecule has 126 valence electrons. The second-order valence-electron chi connectivity index (χ2n) is 7.50. The molecule has 0 amide bonds. The van der Waals surface area contributed by atoms with Crippen LogP contribution in [0, 0.1) is 17.8 Å². The third-order valence-electron chi connectivity index (χ3n) is 6.16. The van der Waals surface area contributed by atoms with Crippen LogP contribution in [-0.4, -0.2) is 6.61 Å². The lowest BCUT2D eigenvalue weighted by molar-refractivity contribution is 0.187. The first-order valence-electron chi connectivity index (χ1n) is 9.66. The predicted molar refractivity (Wildman–Crippen MR) is 98.0 cm³/mol. The number of rotatable bonds is 5. The topological polar surface area (TPSA) is 9.23 Å². The molecule has 1 heteroatoms. The van der Waals surface area contributed by atoms with Crippen molar-refractivity contribution in [1.82, 2.24) is 0 Å². The van der Waals surface area contributed by atoms with Crippen LogP contribution in [0.15, 0.2) is 30.4 Å². The average molecular weight is 312 g/mol. The van der Waals surface area contributed by atoms with Crippen molar-refractivity contribution in [2.75, 3.05) is 6.61 Å². The first-order valence-corrected chi connectivity index (χ1v) is 9.66. The maximum absolute atomic E-state index is 5.79. The lowest BCUT2D eigenvalue weighted by atomic mass is 9.69. The van der Waals surface area contributed by atoms with Crippen LogP contribution in [-0.2, 0) is 12.8 Å². The Balaban J connectivity index is 1.58. The molecule has 1 unspecified atom stereocenters. The Hall–Kier alpha value is -1.24. The third kappa shape index (κ3) is 4.19. The normalized spacial score (nSPS) is 27.8. The van der Waals surface area contributed by atoms with Gasteiger partial charge in [-0.2, -0.15) is 0 Å². The molecule has 2 aliphatic rings. The highest BCUT2D eigenvalue weighted by Crippen LogP contribution is 2.40. The van der Waals surface area contributed by atoms with Gasteiger partial charge in [-0.1, -0.05) is 44.4 Å². The Morgan fingerprint density at radius 3 is 2.61 bits per heavy atom. The fourth-order valence-electron chi connectivity index (χ4n) is 4.56. The summed E-state index contributed by atoms with van der Waals surface area (Å²) in [4.78, 5) is 0. The van der Waals surface area contributed by atoms with E-state index in [9.17, 15) is 0 Å². The van der Waals surface area contributed by atoms with E-state index in [2.05, 4.69) is 31.2 Å². The molecule has 0 bridgehead atoms. The standard InChI is InChI=1S/C22H32O/c1-3-5-14-23-22-13-12-20-15-19(10-11-21(20)16-22)18-8-6-17(4-2)7-9-18/h3,5,12-13,16-19H,4,6-11,14-15H2,1-2H3. The van der Waals surface area contributed by atoms with Crippen molar-refractivity contribution in [3.05, 3.63) is 41.5 Å². The van der Waals surface area contributed by atoms with Gasteiger partial charge in [0.15, 0.2) is 0 Å². The SMILES string of the molecule is CC=CCOc1ccc2c(c1)CCC(C1CCC(CC)CC1)C2. The summed E-state index contributed by atoms with van der Waals surface area (Å²) in [5.74, 6) is 3.95. The lowest BCUT2D eigenvalue weighted by Crippen LogP contribution is -2.26. The molecule has 3 rings (SSSR count). The van der Waals surface area contributed by atoms with Crippen molar-refractivity contribution in [3.63, 3.8) is 0 Å². The van der Waals surface area contributed by atoms with E-state index >= 15 is 0 Å². The monoisotopic (exact) mass is 312 g/mol. The highest BCUT2D eigenvalue weighted by atomic mass is 16.5. The first-order chi connectivity index (χ1) is 11.3. The van der Waals surface area contributed by atoms with E-state index in [-0.39, 0.29) is 0 Å². The Kier molecular flexibility index (Phi) is 5.80. The molecular formula is C22H32O. The minimum absolute atomic E-state index is 0.679. The van der Waals surface area contributed by atoms with E-state index in [1.807, 2.05) is 13.0 Å². The van der Waals surface area contributed by atoms with E-state index in [4.69, 9.17) is 4.74 Å². The summed E-state index contributed by atoms with van der Waals surface area (Å²) >= 11 is 0. The van der Waals surface area contributed by atoms with Crippen LogP contribution in [0.5, 0.6) is 5.75 Å². The Morgan fingerprint density at radius 2 is 1.87 bits per heavy atom. The van der Waals surface area contributed by atoms with Crippen molar-refractivity contribution in [3.8, 4) is 5.75 Å². The maximum Gasteiger partial charge on any atom is 0.120 e. The molecule has 1 aromatic carbocycles. The summed E-state index contributed by atoms with van der Waals surface area (Å²) in [5.41, 5.74) is 3.11. The molecule has 0 N–H and O–H groups in total. The molecule has 2 aliphatic carbocycles. The van der Waals surface area contributed by atoms with Crippen LogP contribution in [0.25, 0.3) is 0 Å². The van der Waals surface area contributed by atoms with Gasteiger partial charge in [-0.05, 0) is 80.0 Å². The van der Waals surface area contributed by atoms with Gasteiger partial charge < -0.3 is 4.74 Å². The van der Waals surface area contributed by atoms with Crippen molar-refractivity contribution < 1.29 is 4.74 Å². The van der Waals surface area contributed by atoms with Crippen molar-refractivity contribution in [2.45, 2.75) is 65.2 Å². The number of hydrogen-bond acceptors (Lipinski definition) is 1. The summed E-state index contributed by atoms with van der Waals surface area (Å²) in [6.07, 6.45) is 15.3. The Bertz CT molecular complexity index is 523. The number of aryl methyl sites for hydroxylation is 1. The largest absolute Gasteiger partial charge is 0.490 e. The molecule has 1 aromatic rings. The van der Waals surface area contributed by atoms with Gasteiger partial charge >= 0.3 is 0 Å². The summed E-state index contributed by atoms with van der Waals surface area (Å²) < 4.78 is 5.79. The number of benzene rings is 1. The number of ether oxygens (including phenoxy) is 1. The molecule has 1 nitrogen and oxygen atoms in total. The predicted octanol–water partition coefficient (Wildman–Crippen LogP) is 5.96. The van der Waals surface area contributed by atoms with Gasteiger partial charge in [0.2, 0.25) is 0 Å². The first kappa shape index (κ1) is 16.6. The zero-order valence-corrected chi connectivity index (χ0v) is 14.9. The molecular weight excluding hydrogens is 280 g/mol. The minimum atomic E-state index is 0.679. The quantitative estimate of drug-likeness (QED) is 0.609. The molecule has 0 aliphatic heterocycles. The Morgan fingerprint density at radius 1 is 1.04 bits per heavy atom. The summed E-state index contributed by atoms with van der Waals surface area (Å²) in [5, 5.41) is 0. The smallest absolute Gasteiger partial charge is 0.120 e. The van der Waals surface area contributed by atoms with E-state index in [0.29, 0.717) is 6.61 Å². The van der Waals surface area contributed by atoms with Gasteiger partial charge in [-0.3, -0.25) is 0 Å². The highest BCUT2D eigenvalue weighted by Gasteiger charge is 2.29. The van der Waals surface area contributed by atoms with Crippen molar-refractivity contribution in [1.29, 1.82) is 0 Å². The summed E-state index contributed by atoms with van der Waals surface area (Å²) in [6, 6.07) is 6.77. The van der Waals surface area contributed by atoms with E-state index in [1.165, 1.54) is 56.9 Å². The van der Waals surface area contributed by atoms with E-state index in [1.54, 1.807) is 5.56 Å². The fraction of sp³-hybridized carbons (Fsp3) is 0.636. The van der Waals surface area contributed by atoms with E-state index < -0.39 is 0 Å². The third-order valence-corrected chi connectivity index (χ3v) is 6.16. The van der Waals surface area contributed by atoms with Gasteiger partial charge in [-0.15, -0.1) is 0 Å². The van der Waals surface area contributed by atoms with Crippen LogP contribution >= 0.6 is 0 Å². The fourth-order valence-corrected chi connectivity index (χ4v) is 4.56. The van der Waals surface area contributed by atoms with Crippen LogP contribution in [0.2, 0.25) is 0 Å². The molecule has 1 fully saturated rings. The van der Waals surface area contributed by atoms with Gasteiger partial charge in [-0.25, -0.2) is 0 Å². The number of fused-ring (bicyclic) bond motifs is 1. The zero-order chi connectivity index (χ0) is 16.1. The van der Waals surface area contributed by atoms with Crippen LogP contribution in [0.4, 0.5) is 0 Å². The zero-order valence-electron chi connectivity index (χ0n) is 14.9. The van der Waals surface area contributed by atoms with Crippen LogP contribution in [0.1, 0.15) is 63.5 Å². The molecule has 23 heavy (non-hydrogen) atoms. The maximum atomic E-state index is 5.79. The second kappa shape index (κ2) is 8.04. The number of hydrogen-bond donors (Lipinski definition) is 0. The molecule has 0 spiro atoms. The molecule has 0 heterocycles. The van der Waals surface area contributed by atoms with Gasteiger partial charge in [0, 0.05) is 0 Å². The van der Waals surface area contributed by atoms with Crippen molar-refractivity contribution in [2.24, 2.45) is 17.8 Å². The average Bonchev–Trinajstić information content (AvgIpc) is 2.61. The van der Waals surface area contributed by atoms with E-state index in [0.717, 1.165) is 23.5 Å². The van der Waals surface area contributed by atoms with Crippen LogP contribution in [0.3, 0.4) is 0 Å². The van der Waals surface area contributed by atoms with Gasteiger partial charge in [0.1, 0.15) is 12.4 Å². The van der Waals surface area contributed by atoms with Crippen LogP contribution < -0.4 is 4.74 Å². The minimum Gasteiger partial charge on any atom is -0.490 e. The number of allylic oxidation sites excluding steroid dienone is 1. The molecule has 1 atom stereocenters. The Labute approximate surface area is 142 Å². The van der Waals surface area contributed by atoms with Gasteiger partial charge in [0.25, 0.3) is 0 Å². The summed E-state index contributed by atoms with van der Waals surface area (Å²) in [6.45, 7) is 5.07.